The van der Waals surface area contributed by atoms with E-state index in [1.54, 1.807) is 18.7 Å². The van der Waals surface area contributed by atoms with E-state index in [1.807, 2.05) is 52.0 Å². The van der Waals surface area contributed by atoms with E-state index in [0.717, 1.165) is 22.2 Å². The first-order valence-electron chi connectivity index (χ1n) is 14.1. The molecule has 3 unspecified atom stereocenters. The van der Waals surface area contributed by atoms with Gasteiger partial charge in [-0.25, -0.2) is 0 Å². The number of nitrogens with zero attached hydrogens (tertiary/aromatic N) is 2. The van der Waals surface area contributed by atoms with Crippen LogP contribution in [0.15, 0.2) is 30.3 Å². The van der Waals surface area contributed by atoms with E-state index >= 15 is 0 Å². The fourth-order valence-corrected chi connectivity index (χ4v) is 5.39. The second-order valence-electron chi connectivity index (χ2n) is 10.9. The van der Waals surface area contributed by atoms with Gasteiger partial charge in [-0.1, -0.05) is 18.2 Å². The van der Waals surface area contributed by atoms with Gasteiger partial charge in [-0.3, -0.25) is 14.6 Å². The number of rotatable bonds is 15. The summed E-state index contributed by atoms with van der Waals surface area (Å²) in [6, 6.07) is 10.0. The molecule has 216 valence electrons. The quantitative estimate of drug-likeness (QED) is 0.258. The fraction of sp³-hybridized carbons (Fsp3) is 0.633. The van der Waals surface area contributed by atoms with E-state index in [-0.39, 0.29) is 25.5 Å². The molecule has 0 aliphatic carbocycles. The fourth-order valence-electron chi connectivity index (χ4n) is 5.39. The summed E-state index contributed by atoms with van der Waals surface area (Å²) in [6.07, 6.45) is -0.783. The van der Waals surface area contributed by atoms with Crippen LogP contribution in [0.3, 0.4) is 0 Å². The van der Waals surface area contributed by atoms with Crippen LogP contribution >= 0.6 is 0 Å². The number of aromatic nitrogens is 1. The third kappa shape index (κ3) is 8.45. The Morgan fingerprint density at radius 1 is 1.10 bits per heavy atom. The first-order valence-corrected chi connectivity index (χ1v) is 14.1. The normalized spacial score (nSPS) is 15.8. The molecule has 1 aliphatic heterocycles. The summed E-state index contributed by atoms with van der Waals surface area (Å²) in [5.41, 5.74) is 2.37. The van der Waals surface area contributed by atoms with E-state index in [1.165, 1.54) is 0 Å². The van der Waals surface area contributed by atoms with Crippen molar-refractivity contribution in [1.82, 2.24) is 15.2 Å². The SMILES string of the molecule is CCOC(=O)CC(C(OCC)OCC)C(CNC(C)(C)CC(C)O)C(=O)N1Cc2cc3ccccc3nc2C1. The lowest BCUT2D eigenvalue weighted by Gasteiger charge is -2.36. The van der Waals surface area contributed by atoms with Crippen LogP contribution in [0.2, 0.25) is 0 Å². The predicted octanol–water partition coefficient (Wildman–Crippen LogP) is 3.80. The first kappa shape index (κ1) is 30.9. The molecular weight excluding hydrogens is 498 g/mol. The highest BCUT2D eigenvalue weighted by Crippen LogP contribution is 2.31. The second-order valence-corrected chi connectivity index (χ2v) is 10.9. The molecule has 2 N–H and O–H groups in total. The summed E-state index contributed by atoms with van der Waals surface area (Å²) < 4.78 is 17.2. The molecule has 1 amide bonds. The number of hydrogen-bond donors (Lipinski definition) is 2. The van der Waals surface area contributed by atoms with Crippen LogP contribution in [0.25, 0.3) is 10.9 Å². The number of amides is 1. The number of para-hydroxylation sites is 1. The number of pyridine rings is 1. The number of fused-ring (bicyclic) bond motifs is 2. The number of carbonyl (C=O) groups excluding carboxylic acids is 2. The molecule has 2 aromatic rings. The Hall–Kier alpha value is -2.59. The molecule has 9 heteroatoms. The lowest BCUT2D eigenvalue weighted by Crippen LogP contribution is -2.51. The molecule has 1 aliphatic rings. The largest absolute Gasteiger partial charge is 0.466 e. The zero-order valence-corrected chi connectivity index (χ0v) is 24.2. The zero-order chi connectivity index (χ0) is 28.6. The molecule has 3 rings (SSSR count). The molecule has 0 spiro atoms. The van der Waals surface area contributed by atoms with Gasteiger partial charge in [-0.2, -0.15) is 0 Å². The second kappa shape index (κ2) is 14.2. The summed E-state index contributed by atoms with van der Waals surface area (Å²) >= 11 is 0. The van der Waals surface area contributed by atoms with Gasteiger partial charge in [0.05, 0.1) is 42.8 Å². The Kier molecular flexibility index (Phi) is 11.2. The molecule has 39 heavy (non-hydrogen) atoms. The summed E-state index contributed by atoms with van der Waals surface area (Å²) in [7, 11) is 0. The molecule has 1 aromatic carbocycles. The number of hydrogen-bond acceptors (Lipinski definition) is 8. The van der Waals surface area contributed by atoms with Gasteiger partial charge in [-0.15, -0.1) is 0 Å². The maximum Gasteiger partial charge on any atom is 0.306 e. The molecule has 9 nitrogen and oxygen atoms in total. The van der Waals surface area contributed by atoms with Crippen molar-refractivity contribution in [1.29, 1.82) is 0 Å². The average molecular weight is 544 g/mol. The van der Waals surface area contributed by atoms with Crippen molar-refractivity contribution in [2.45, 2.75) is 85.4 Å². The van der Waals surface area contributed by atoms with Crippen molar-refractivity contribution >= 4 is 22.8 Å². The van der Waals surface area contributed by atoms with Gasteiger partial charge >= 0.3 is 5.97 Å². The molecule has 0 saturated carbocycles. The predicted molar refractivity (Wildman–Crippen MR) is 150 cm³/mol. The Bertz CT molecular complexity index is 1050. The lowest BCUT2D eigenvalue weighted by atomic mass is 9.85. The number of esters is 1. The minimum Gasteiger partial charge on any atom is -0.466 e. The number of aliphatic hydroxyl groups excluding tert-OH is 1. The van der Waals surface area contributed by atoms with Gasteiger partial charge in [0.1, 0.15) is 0 Å². The minimum atomic E-state index is -0.759. The van der Waals surface area contributed by atoms with Crippen molar-refractivity contribution in [3.05, 3.63) is 41.6 Å². The Labute approximate surface area is 232 Å². The van der Waals surface area contributed by atoms with Crippen LogP contribution in [0.4, 0.5) is 0 Å². The monoisotopic (exact) mass is 543 g/mol. The number of aliphatic hydroxyl groups is 1. The van der Waals surface area contributed by atoms with Crippen molar-refractivity contribution in [2.75, 3.05) is 26.4 Å². The molecule has 0 saturated heterocycles. The van der Waals surface area contributed by atoms with Crippen LogP contribution in [0.5, 0.6) is 0 Å². The van der Waals surface area contributed by atoms with Gasteiger partial charge in [0.2, 0.25) is 5.91 Å². The highest BCUT2D eigenvalue weighted by molar-refractivity contribution is 5.83. The van der Waals surface area contributed by atoms with Gasteiger partial charge in [0, 0.05) is 43.1 Å². The third-order valence-electron chi connectivity index (χ3n) is 7.07. The molecule has 1 aromatic heterocycles. The van der Waals surface area contributed by atoms with E-state index in [4.69, 9.17) is 19.2 Å². The standard InChI is InChI=1S/C30H45N3O6/c1-7-37-27(35)15-23(29(38-8-2)39-9-3)24(17-31-30(5,6)16-20(4)34)28(36)33-18-22-14-21-12-10-11-13-25(21)32-26(22)19-33/h10-14,20,23-24,29,31,34H,7-9,15-19H2,1-6H3. The summed E-state index contributed by atoms with van der Waals surface area (Å²) in [6.45, 7) is 13.3. The number of ether oxygens (including phenoxy) is 3. The van der Waals surface area contributed by atoms with E-state index in [0.29, 0.717) is 32.7 Å². The molecule has 3 atom stereocenters. The zero-order valence-electron chi connectivity index (χ0n) is 24.2. The summed E-state index contributed by atoms with van der Waals surface area (Å²) in [5.74, 6) is -1.72. The molecule has 0 radical (unpaired) electrons. The van der Waals surface area contributed by atoms with Crippen LogP contribution in [-0.4, -0.2) is 71.2 Å². The van der Waals surface area contributed by atoms with Gasteiger partial charge < -0.3 is 29.5 Å². The van der Waals surface area contributed by atoms with Gasteiger partial charge in [0.15, 0.2) is 6.29 Å². The summed E-state index contributed by atoms with van der Waals surface area (Å²) in [4.78, 5) is 33.7. The minimum absolute atomic E-state index is 0.0175. The van der Waals surface area contributed by atoms with Gasteiger partial charge in [-0.05, 0) is 65.7 Å². The van der Waals surface area contributed by atoms with E-state index < -0.39 is 35.7 Å². The highest BCUT2D eigenvalue weighted by atomic mass is 16.7. The maximum atomic E-state index is 14.3. The van der Waals surface area contributed by atoms with Crippen molar-refractivity contribution in [3.63, 3.8) is 0 Å². The van der Waals surface area contributed by atoms with Crippen LogP contribution in [0.1, 0.15) is 65.6 Å². The molecule has 0 fully saturated rings. The van der Waals surface area contributed by atoms with Crippen molar-refractivity contribution in [2.24, 2.45) is 11.8 Å². The van der Waals surface area contributed by atoms with Crippen molar-refractivity contribution in [3.8, 4) is 0 Å². The smallest absolute Gasteiger partial charge is 0.306 e. The number of benzene rings is 1. The summed E-state index contributed by atoms with van der Waals surface area (Å²) in [5, 5.41) is 14.5. The third-order valence-corrected chi connectivity index (χ3v) is 7.07. The van der Waals surface area contributed by atoms with Crippen LogP contribution < -0.4 is 5.32 Å². The number of nitrogens with one attached hydrogen (secondary N) is 1. The molecular formula is C30H45N3O6. The Morgan fingerprint density at radius 2 is 1.79 bits per heavy atom. The molecule has 2 heterocycles. The maximum absolute atomic E-state index is 14.3. The lowest BCUT2D eigenvalue weighted by molar-refractivity contribution is -0.189. The molecule has 0 bridgehead atoms. The van der Waals surface area contributed by atoms with Gasteiger partial charge in [0.25, 0.3) is 0 Å². The first-order chi connectivity index (χ1) is 18.6. The average Bonchev–Trinajstić information content (AvgIpc) is 3.28. The van der Waals surface area contributed by atoms with Crippen LogP contribution in [-0.2, 0) is 36.9 Å². The number of carbonyl (C=O) groups is 2. The topological polar surface area (TPSA) is 110 Å². The van der Waals surface area contributed by atoms with Crippen molar-refractivity contribution < 1.29 is 28.9 Å². The van der Waals surface area contributed by atoms with E-state index in [2.05, 4.69) is 11.4 Å². The van der Waals surface area contributed by atoms with E-state index in [9.17, 15) is 14.7 Å². The highest BCUT2D eigenvalue weighted by Gasteiger charge is 2.41. The Balaban J connectivity index is 1.94. The Morgan fingerprint density at radius 3 is 2.44 bits per heavy atom. The van der Waals surface area contributed by atoms with Crippen LogP contribution in [0, 0.1) is 11.8 Å².